The zero-order chi connectivity index (χ0) is 14.8. The Bertz CT molecular complexity index is 683. The van der Waals surface area contributed by atoms with Gasteiger partial charge in [0.25, 0.3) is 0 Å². The molecule has 2 fully saturated rings. The normalized spacial score (nSPS) is 36.3. The van der Waals surface area contributed by atoms with E-state index in [2.05, 4.69) is 0 Å². The van der Waals surface area contributed by atoms with E-state index in [1.165, 1.54) is 0 Å². The summed E-state index contributed by atoms with van der Waals surface area (Å²) in [6.45, 7) is 2.33. The highest BCUT2D eigenvalue weighted by atomic mass is 16.5. The molecule has 2 bridgehead atoms. The van der Waals surface area contributed by atoms with Crippen molar-refractivity contribution in [2.24, 2.45) is 11.8 Å². The maximum Gasteiger partial charge on any atom is 0.310 e. The summed E-state index contributed by atoms with van der Waals surface area (Å²) in [5.74, 6) is -2.51. The number of para-hydroxylation sites is 1. The van der Waals surface area contributed by atoms with Crippen LogP contribution in [0.4, 0.5) is 5.69 Å². The molecule has 0 radical (unpaired) electrons. The zero-order valence-corrected chi connectivity index (χ0v) is 11.5. The number of fused-ring (bicyclic) bond motifs is 1. The van der Waals surface area contributed by atoms with Crippen LogP contribution in [-0.2, 0) is 14.3 Å². The van der Waals surface area contributed by atoms with Crippen LogP contribution in [0.15, 0.2) is 36.4 Å². The highest BCUT2D eigenvalue weighted by molar-refractivity contribution is 6.02. The number of anilines is 1. The van der Waals surface area contributed by atoms with Crippen molar-refractivity contribution < 1.29 is 19.4 Å². The molecular formula is C16H15NO4. The molecular weight excluding hydrogens is 270 g/mol. The van der Waals surface area contributed by atoms with E-state index in [-0.39, 0.29) is 5.91 Å². The van der Waals surface area contributed by atoms with E-state index in [1.54, 1.807) is 11.0 Å². The Morgan fingerprint density at radius 3 is 2.90 bits per heavy atom. The van der Waals surface area contributed by atoms with Gasteiger partial charge in [0.15, 0.2) is 0 Å². The second-order valence-electron chi connectivity index (χ2n) is 5.95. The van der Waals surface area contributed by atoms with Gasteiger partial charge in [0, 0.05) is 5.69 Å². The zero-order valence-electron chi connectivity index (χ0n) is 11.5. The number of benzene rings is 1. The van der Waals surface area contributed by atoms with Crippen LogP contribution in [0, 0.1) is 18.8 Å². The monoisotopic (exact) mass is 285 g/mol. The molecule has 0 unspecified atom stereocenters. The van der Waals surface area contributed by atoms with Gasteiger partial charge >= 0.3 is 5.97 Å². The smallest absolute Gasteiger partial charge is 0.310 e. The lowest BCUT2D eigenvalue weighted by molar-refractivity contribution is -0.146. The lowest BCUT2D eigenvalue weighted by Gasteiger charge is -2.22. The van der Waals surface area contributed by atoms with Crippen LogP contribution >= 0.6 is 0 Å². The minimum Gasteiger partial charge on any atom is -0.481 e. The Labute approximate surface area is 121 Å². The molecule has 1 spiro atoms. The summed E-state index contributed by atoms with van der Waals surface area (Å²) >= 11 is 0. The van der Waals surface area contributed by atoms with E-state index in [0.717, 1.165) is 11.3 Å². The molecule has 4 rings (SSSR count). The molecule has 1 aromatic carbocycles. The Hall–Kier alpha value is -2.14. The first kappa shape index (κ1) is 12.6. The number of amides is 1. The van der Waals surface area contributed by atoms with Crippen molar-refractivity contribution in [2.45, 2.75) is 18.6 Å². The maximum atomic E-state index is 12.8. The number of carbonyl (C=O) groups excluding carboxylic acids is 1. The van der Waals surface area contributed by atoms with Gasteiger partial charge in [-0.25, -0.2) is 0 Å². The molecule has 0 saturated carbocycles. The summed E-state index contributed by atoms with van der Waals surface area (Å²) in [4.78, 5) is 26.0. The second kappa shape index (κ2) is 3.95. The number of carboxylic acid groups (broad SMARTS) is 1. The number of hydrogen-bond donors (Lipinski definition) is 1. The van der Waals surface area contributed by atoms with Crippen LogP contribution in [0.3, 0.4) is 0 Å². The second-order valence-corrected chi connectivity index (χ2v) is 5.95. The molecule has 0 aliphatic carbocycles. The van der Waals surface area contributed by atoms with Crippen molar-refractivity contribution in [1.82, 2.24) is 0 Å². The first-order valence-electron chi connectivity index (χ1n) is 7.00. The van der Waals surface area contributed by atoms with Crippen molar-refractivity contribution in [3.8, 4) is 0 Å². The van der Waals surface area contributed by atoms with Gasteiger partial charge in [-0.05, 0) is 18.6 Å². The third-order valence-electron chi connectivity index (χ3n) is 4.79. The van der Waals surface area contributed by atoms with Gasteiger partial charge in [-0.2, -0.15) is 0 Å². The largest absolute Gasteiger partial charge is 0.481 e. The summed E-state index contributed by atoms with van der Waals surface area (Å²) < 4.78 is 5.87. The van der Waals surface area contributed by atoms with E-state index in [9.17, 15) is 14.7 Å². The first-order chi connectivity index (χ1) is 10.0. The molecule has 5 heteroatoms. The summed E-state index contributed by atoms with van der Waals surface area (Å²) in [5, 5.41) is 9.42. The number of ether oxygens (including phenoxy) is 1. The summed E-state index contributed by atoms with van der Waals surface area (Å²) in [6.07, 6.45) is 3.18. The van der Waals surface area contributed by atoms with E-state index in [0.29, 0.717) is 6.54 Å². The number of nitrogens with zero attached hydrogens (tertiary/aromatic N) is 1. The predicted octanol–water partition coefficient (Wildman–Crippen LogP) is 1.37. The molecule has 21 heavy (non-hydrogen) atoms. The van der Waals surface area contributed by atoms with Gasteiger partial charge in [-0.3, -0.25) is 9.59 Å². The van der Waals surface area contributed by atoms with Crippen LogP contribution in [0.2, 0.25) is 0 Å². The Balaban J connectivity index is 1.78. The number of hydrogen-bond acceptors (Lipinski definition) is 3. The highest BCUT2D eigenvalue weighted by Crippen LogP contribution is 2.52. The lowest BCUT2D eigenvalue weighted by Crippen LogP contribution is -2.39. The highest BCUT2D eigenvalue weighted by Gasteiger charge is 2.67. The van der Waals surface area contributed by atoms with Crippen LogP contribution < -0.4 is 4.90 Å². The van der Waals surface area contributed by atoms with Crippen LogP contribution in [0.25, 0.3) is 0 Å². The van der Waals surface area contributed by atoms with Crippen LogP contribution in [0.1, 0.15) is 5.56 Å². The molecule has 4 atom stereocenters. The number of carboxylic acids is 1. The maximum absolute atomic E-state index is 12.8. The quantitative estimate of drug-likeness (QED) is 0.833. The van der Waals surface area contributed by atoms with Gasteiger partial charge in [-0.1, -0.05) is 30.4 Å². The summed E-state index contributed by atoms with van der Waals surface area (Å²) in [6, 6.07) is 7.62. The fourth-order valence-electron chi connectivity index (χ4n) is 3.85. The van der Waals surface area contributed by atoms with Gasteiger partial charge in [-0.15, -0.1) is 0 Å². The van der Waals surface area contributed by atoms with Crippen molar-refractivity contribution in [3.63, 3.8) is 0 Å². The fourth-order valence-corrected chi connectivity index (χ4v) is 3.85. The van der Waals surface area contributed by atoms with E-state index < -0.39 is 29.5 Å². The first-order valence-corrected chi connectivity index (χ1v) is 7.00. The Morgan fingerprint density at radius 2 is 2.19 bits per heavy atom. The van der Waals surface area contributed by atoms with Crippen molar-refractivity contribution in [1.29, 1.82) is 0 Å². The summed E-state index contributed by atoms with van der Waals surface area (Å²) in [7, 11) is 0. The Kier molecular flexibility index (Phi) is 2.37. The SMILES string of the molecule is Cc1ccccc1N1C[C@@]23C=C[C@H](O2)[C@H](C(=O)O)[C@H]3C1=O. The molecule has 1 amide bonds. The average Bonchev–Trinajstić information content (AvgIpc) is 3.08. The average molecular weight is 285 g/mol. The van der Waals surface area contributed by atoms with Crippen LogP contribution in [0.5, 0.6) is 0 Å². The number of carbonyl (C=O) groups is 2. The van der Waals surface area contributed by atoms with Gasteiger partial charge in [0.1, 0.15) is 11.5 Å². The van der Waals surface area contributed by atoms with Gasteiger partial charge in [0.2, 0.25) is 5.91 Å². The molecule has 1 N–H and O–H groups in total. The third kappa shape index (κ3) is 1.49. The van der Waals surface area contributed by atoms with Crippen molar-refractivity contribution in [3.05, 3.63) is 42.0 Å². The number of aliphatic carboxylic acids is 1. The third-order valence-corrected chi connectivity index (χ3v) is 4.79. The van der Waals surface area contributed by atoms with E-state index >= 15 is 0 Å². The Morgan fingerprint density at radius 1 is 1.43 bits per heavy atom. The van der Waals surface area contributed by atoms with Crippen LogP contribution in [-0.4, -0.2) is 35.2 Å². The minimum absolute atomic E-state index is 0.149. The number of aryl methyl sites for hydroxylation is 1. The molecule has 3 aliphatic heterocycles. The van der Waals surface area contributed by atoms with Gasteiger partial charge in [0.05, 0.1) is 18.6 Å². The van der Waals surface area contributed by atoms with Crippen molar-refractivity contribution >= 4 is 17.6 Å². The minimum atomic E-state index is -0.962. The molecule has 5 nitrogen and oxygen atoms in total. The van der Waals surface area contributed by atoms with Gasteiger partial charge < -0.3 is 14.7 Å². The number of rotatable bonds is 2. The molecule has 3 heterocycles. The van der Waals surface area contributed by atoms with Crippen molar-refractivity contribution in [2.75, 3.05) is 11.4 Å². The van der Waals surface area contributed by atoms with E-state index in [1.807, 2.05) is 37.3 Å². The lowest BCUT2D eigenvalue weighted by atomic mass is 9.77. The fraction of sp³-hybridized carbons (Fsp3) is 0.375. The molecule has 3 aliphatic rings. The topological polar surface area (TPSA) is 66.8 Å². The standard InChI is InChI=1S/C16H15NO4/c1-9-4-2-3-5-10(9)17-8-16-7-6-11(21-16)12(15(19)20)13(16)14(17)18/h2-7,11-13H,8H2,1H3,(H,19,20)/t11-,12-,13-,16+/m0/s1. The molecule has 0 aromatic heterocycles. The predicted molar refractivity (Wildman–Crippen MR) is 74.9 cm³/mol. The molecule has 2 saturated heterocycles. The summed E-state index contributed by atoms with van der Waals surface area (Å²) in [5.41, 5.74) is 1.05. The molecule has 108 valence electrons. The van der Waals surface area contributed by atoms with E-state index in [4.69, 9.17) is 4.74 Å². The molecule has 1 aromatic rings.